The first-order valence-corrected chi connectivity index (χ1v) is 7.96. The van der Waals surface area contributed by atoms with E-state index < -0.39 is 16.0 Å². The van der Waals surface area contributed by atoms with Crippen LogP contribution in [0.2, 0.25) is 0 Å². The van der Waals surface area contributed by atoms with Gasteiger partial charge in [-0.1, -0.05) is 60.7 Å². The largest absolute Gasteiger partial charge is 0.771 e. The van der Waals surface area contributed by atoms with Gasteiger partial charge in [0.05, 0.1) is 0 Å². The van der Waals surface area contributed by atoms with Gasteiger partial charge in [-0.25, -0.2) is 0 Å². The van der Waals surface area contributed by atoms with E-state index >= 15 is 0 Å². The van der Waals surface area contributed by atoms with Crippen molar-refractivity contribution in [2.45, 2.75) is 11.3 Å². The van der Waals surface area contributed by atoms with Crippen molar-refractivity contribution in [3.8, 4) is 0 Å². The number of nitrogens with zero attached hydrogens (tertiary/aromatic N) is 1. The Balaban J connectivity index is 2.46. The Morgan fingerprint density at radius 3 is 2.00 bits per heavy atom. The third kappa shape index (κ3) is 3.16. The quantitative estimate of drug-likeness (QED) is 0.607. The minimum Gasteiger partial charge on any atom is -0.771 e. The van der Waals surface area contributed by atoms with E-state index in [1.807, 2.05) is 12.1 Å². The Morgan fingerprint density at radius 1 is 1.05 bits per heavy atom. The molecule has 4 nitrogen and oxygen atoms in total. The summed E-state index contributed by atoms with van der Waals surface area (Å²) < 4.78 is 24.1. The Labute approximate surface area is 133 Å². The summed E-state index contributed by atoms with van der Waals surface area (Å²) in [5, 5.41) is 0. The molecule has 0 amide bonds. The molecule has 2 aromatic rings. The van der Waals surface area contributed by atoms with Gasteiger partial charge in [0.2, 0.25) is 0 Å². The van der Waals surface area contributed by atoms with Crippen LogP contribution in [-0.2, 0) is 16.0 Å². The molecule has 0 aromatic heterocycles. The predicted molar refractivity (Wildman–Crippen MR) is 86.1 cm³/mol. The maximum atomic E-state index is 12.5. The Morgan fingerprint density at radius 2 is 1.55 bits per heavy atom. The zero-order chi connectivity index (χ0) is 16.2. The molecule has 0 aliphatic rings. The SMILES string of the molecule is CN(C)C(CC(=O)c1ccccc1)(c1ccccc1)S(=O)[O-]. The number of hydrogen-bond acceptors (Lipinski definition) is 4. The van der Waals surface area contributed by atoms with Gasteiger partial charge in [-0.15, -0.1) is 0 Å². The predicted octanol–water partition coefficient (Wildman–Crippen LogP) is 2.55. The molecule has 0 aliphatic heterocycles. The third-order valence-corrected chi connectivity index (χ3v) is 5.02. The molecule has 2 unspecified atom stereocenters. The zero-order valence-corrected chi connectivity index (χ0v) is 13.4. The van der Waals surface area contributed by atoms with Crippen molar-refractivity contribution in [2.24, 2.45) is 0 Å². The van der Waals surface area contributed by atoms with E-state index in [-0.39, 0.29) is 12.2 Å². The summed E-state index contributed by atoms with van der Waals surface area (Å²) in [6, 6.07) is 17.6. The Kier molecular flexibility index (Phi) is 5.24. The van der Waals surface area contributed by atoms with E-state index in [2.05, 4.69) is 0 Å². The van der Waals surface area contributed by atoms with Gasteiger partial charge in [0.25, 0.3) is 0 Å². The first kappa shape index (κ1) is 16.5. The number of Topliss-reactive ketones (excluding diaryl/α,β-unsaturated/α-hetero) is 1. The van der Waals surface area contributed by atoms with Crippen molar-refractivity contribution in [1.82, 2.24) is 4.90 Å². The molecule has 2 atom stereocenters. The minimum atomic E-state index is -2.48. The molecule has 0 bridgehead atoms. The van der Waals surface area contributed by atoms with Gasteiger partial charge in [0.15, 0.2) is 5.78 Å². The van der Waals surface area contributed by atoms with Crippen LogP contribution in [0, 0.1) is 0 Å². The molecular weight excluding hydrogens is 298 g/mol. The number of hydrogen-bond donors (Lipinski definition) is 0. The Hall–Kier alpha value is -1.82. The molecule has 0 saturated carbocycles. The summed E-state index contributed by atoms with van der Waals surface area (Å²) in [7, 11) is 3.34. The lowest BCUT2D eigenvalue weighted by Crippen LogP contribution is -2.46. The monoisotopic (exact) mass is 316 g/mol. The van der Waals surface area contributed by atoms with Crippen molar-refractivity contribution < 1.29 is 13.6 Å². The molecule has 5 heteroatoms. The fourth-order valence-corrected chi connectivity index (χ4v) is 3.34. The summed E-state index contributed by atoms with van der Waals surface area (Å²) in [6.07, 6.45) is -0.135. The number of rotatable bonds is 6. The van der Waals surface area contributed by atoms with Gasteiger partial charge < -0.3 is 4.55 Å². The van der Waals surface area contributed by atoms with Crippen LogP contribution in [0.25, 0.3) is 0 Å². The van der Waals surface area contributed by atoms with Crippen LogP contribution in [0.3, 0.4) is 0 Å². The molecule has 0 heterocycles. The van der Waals surface area contributed by atoms with Gasteiger partial charge in [0, 0.05) is 12.0 Å². The molecule has 116 valence electrons. The highest BCUT2D eigenvalue weighted by Crippen LogP contribution is 2.34. The normalized spacial score (nSPS) is 15.3. The first-order valence-electron chi connectivity index (χ1n) is 6.89. The first-order chi connectivity index (χ1) is 10.5. The molecule has 2 aromatic carbocycles. The smallest absolute Gasteiger partial charge is 0.165 e. The van der Waals surface area contributed by atoms with Crippen molar-refractivity contribution in [3.05, 3.63) is 71.8 Å². The molecule has 0 saturated heterocycles. The van der Waals surface area contributed by atoms with Gasteiger partial charge in [-0.2, -0.15) is 0 Å². The van der Waals surface area contributed by atoms with E-state index in [0.29, 0.717) is 11.1 Å². The topological polar surface area (TPSA) is 60.4 Å². The zero-order valence-electron chi connectivity index (χ0n) is 12.6. The molecule has 0 fully saturated rings. The second-order valence-electron chi connectivity index (χ2n) is 5.25. The van der Waals surface area contributed by atoms with Crippen molar-refractivity contribution in [1.29, 1.82) is 0 Å². The van der Waals surface area contributed by atoms with Crippen molar-refractivity contribution >= 4 is 16.9 Å². The summed E-state index contributed by atoms with van der Waals surface area (Å²) in [5.41, 5.74) is 1.09. The average molecular weight is 316 g/mol. The second kappa shape index (κ2) is 6.96. The van der Waals surface area contributed by atoms with Crippen LogP contribution >= 0.6 is 0 Å². The fourth-order valence-electron chi connectivity index (χ4n) is 2.46. The second-order valence-corrected chi connectivity index (χ2v) is 6.39. The molecule has 0 aliphatic carbocycles. The highest BCUT2D eigenvalue weighted by molar-refractivity contribution is 7.80. The number of benzene rings is 2. The van der Waals surface area contributed by atoms with E-state index in [1.165, 1.54) is 0 Å². The minimum absolute atomic E-state index is 0.135. The average Bonchev–Trinajstić information content (AvgIpc) is 2.53. The van der Waals surface area contributed by atoms with Gasteiger partial charge >= 0.3 is 0 Å². The van der Waals surface area contributed by atoms with Crippen LogP contribution in [0.15, 0.2) is 60.7 Å². The standard InChI is InChI=1S/C17H19NO3S/c1-18(2)17(22(20)21,15-11-7-4-8-12-15)13-16(19)14-9-5-3-6-10-14/h3-12H,13H2,1-2H3,(H,20,21)/p-1. The lowest BCUT2D eigenvalue weighted by atomic mass is 9.96. The van der Waals surface area contributed by atoms with Crippen LogP contribution in [0.1, 0.15) is 22.3 Å². The maximum Gasteiger partial charge on any atom is 0.165 e. The van der Waals surface area contributed by atoms with E-state index in [1.54, 1.807) is 67.5 Å². The fraction of sp³-hybridized carbons (Fsp3) is 0.235. The Bertz CT molecular complexity index is 658. The summed E-state index contributed by atoms with van der Waals surface area (Å²) in [4.78, 5) is 12.7. The summed E-state index contributed by atoms with van der Waals surface area (Å²) in [5.74, 6) is -0.206. The van der Waals surface area contributed by atoms with Crippen molar-refractivity contribution in [3.63, 3.8) is 0 Å². The van der Waals surface area contributed by atoms with Crippen LogP contribution in [0.5, 0.6) is 0 Å². The van der Waals surface area contributed by atoms with Crippen LogP contribution in [0.4, 0.5) is 0 Å². The number of ketones is 1. The molecular formula is C17H18NO3S-. The number of carbonyl (C=O) groups excluding carboxylic acids is 1. The van der Waals surface area contributed by atoms with E-state index in [0.717, 1.165) is 0 Å². The highest BCUT2D eigenvalue weighted by Gasteiger charge is 2.38. The molecule has 0 N–H and O–H groups in total. The van der Waals surface area contributed by atoms with Crippen molar-refractivity contribution in [2.75, 3.05) is 14.1 Å². The molecule has 0 spiro atoms. The summed E-state index contributed by atoms with van der Waals surface area (Å²) >= 11 is -2.48. The van der Waals surface area contributed by atoms with Crippen LogP contribution in [-0.4, -0.2) is 33.5 Å². The van der Waals surface area contributed by atoms with E-state index in [4.69, 9.17) is 0 Å². The number of carbonyl (C=O) groups is 1. The highest BCUT2D eigenvalue weighted by atomic mass is 32.2. The van der Waals surface area contributed by atoms with Crippen LogP contribution < -0.4 is 0 Å². The molecule has 2 rings (SSSR count). The lowest BCUT2D eigenvalue weighted by Gasteiger charge is -2.41. The van der Waals surface area contributed by atoms with E-state index in [9.17, 15) is 13.6 Å². The van der Waals surface area contributed by atoms with Gasteiger partial charge in [-0.3, -0.25) is 13.9 Å². The lowest BCUT2D eigenvalue weighted by molar-refractivity contribution is 0.0916. The third-order valence-electron chi connectivity index (χ3n) is 3.72. The summed E-state index contributed by atoms with van der Waals surface area (Å²) in [6.45, 7) is 0. The maximum absolute atomic E-state index is 12.5. The van der Waals surface area contributed by atoms with Gasteiger partial charge in [-0.05, 0) is 30.7 Å². The molecule has 0 radical (unpaired) electrons. The van der Waals surface area contributed by atoms with Gasteiger partial charge in [0.1, 0.15) is 4.87 Å². The molecule has 22 heavy (non-hydrogen) atoms.